The van der Waals surface area contributed by atoms with Crippen LogP contribution in [-0.4, -0.2) is 39.4 Å². The Morgan fingerprint density at radius 1 is 1.33 bits per heavy atom. The number of carbonyl (C=O) groups is 2. The third-order valence-electron chi connectivity index (χ3n) is 3.64. The number of hydrogen-bond donors (Lipinski definition) is 1. The van der Waals surface area contributed by atoms with Gasteiger partial charge in [-0.05, 0) is 19.3 Å². The lowest BCUT2D eigenvalue weighted by atomic mass is 10.0. The van der Waals surface area contributed by atoms with Crippen LogP contribution in [0.25, 0.3) is 0 Å². The van der Waals surface area contributed by atoms with Gasteiger partial charge in [-0.15, -0.1) is 0 Å². The molecule has 1 amide bonds. The number of aliphatic carboxylic acids is 1. The number of hydrogen-bond acceptors (Lipinski definition) is 4. The molecule has 1 aromatic rings. The first kappa shape index (κ1) is 15.0. The Morgan fingerprint density at radius 2 is 2.05 bits per heavy atom. The summed E-state index contributed by atoms with van der Waals surface area (Å²) in [4.78, 5) is 35.2. The number of carboxylic acid groups (broad SMARTS) is 1. The third-order valence-corrected chi connectivity index (χ3v) is 3.64. The fourth-order valence-electron chi connectivity index (χ4n) is 2.59. The second kappa shape index (κ2) is 6.34. The van der Waals surface area contributed by atoms with Crippen LogP contribution in [0.3, 0.4) is 0 Å². The van der Waals surface area contributed by atoms with Crippen LogP contribution in [0.5, 0.6) is 0 Å². The average molecular weight is 292 g/mol. The number of likely N-dealkylation sites (tertiary alicyclic amines) is 1. The fourth-order valence-corrected chi connectivity index (χ4v) is 2.59. The lowest BCUT2D eigenvalue weighted by molar-refractivity contribution is -0.385. The highest BCUT2D eigenvalue weighted by molar-refractivity contribution is 5.85. The van der Waals surface area contributed by atoms with E-state index in [0.717, 1.165) is 12.8 Å². The molecule has 21 heavy (non-hydrogen) atoms. The van der Waals surface area contributed by atoms with Crippen LogP contribution in [0.2, 0.25) is 0 Å². The third kappa shape index (κ3) is 3.36. The van der Waals surface area contributed by atoms with Crippen molar-refractivity contribution in [3.05, 3.63) is 39.9 Å². The standard InChI is InChI=1S/C14H16N2O5/c17-13(15-8-4-3-7-12(15)14(18)19)9-10-5-1-2-6-11(10)16(20)21/h1-2,5-6,12H,3-4,7-9H2,(H,18,19)/t12-/m1/s1. The first-order valence-corrected chi connectivity index (χ1v) is 6.75. The maximum atomic E-state index is 12.3. The fraction of sp³-hybridized carbons (Fsp3) is 0.429. The molecule has 0 radical (unpaired) electrons. The molecule has 7 heteroatoms. The number of benzene rings is 1. The summed E-state index contributed by atoms with van der Waals surface area (Å²) < 4.78 is 0. The van der Waals surface area contributed by atoms with Crippen LogP contribution in [0.15, 0.2) is 24.3 Å². The van der Waals surface area contributed by atoms with E-state index in [1.807, 2.05) is 0 Å². The van der Waals surface area contributed by atoms with E-state index < -0.39 is 16.9 Å². The molecular weight excluding hydrogens is 276 g/mol. The smallest absolute Gasteiger partial charge is 0.326 e. The van der Waals surface area contributed by atoms with Crippen LogP contribution in [0.4, 0.5) is 5.69 Å². The molecule has 1 aliphatic heterocycles. The van der Waals surface area contributed by atoms with E-state index in [9.17, 15) is 19.7 Å². The lowest BCUT2D eigenvalue weighted by Gasteiger charge is -2.33. The SMILES string of the molecule is O=C(O)[C@H]1CCCCN1C(=O)Cc1ccccc1[N+](=O)[O-]. The number of carboxylic acids is 1. The molecule has 7 nitrogen and oxygen atoms in total. The van der Waals surface area contributed by atoms with E-state index in [-0.39, 0.29) is 18.0 Å². The number of amides is 1. The van der Waals surface area contributed by atoms with E-state index in [0.29, 0.717) is 18.5 Å². The van der Waals surface area contributed by atoms with Gasteiger partial charge in [0.1, 0.15) is 6.04 Å². The predicted molar refractivity (Wildman–Crippen MR) is 73.8 cm³/mol. The quantitative estimate of drug-likeness (QED) is 0.671. The molecule has 1 N–H and O–H groups in total. The lowest BCUT2D eigenvalue weighted by Crippen LogP contribution is -2.48. The van der Waals surface area contributed by atoms with Gasteiger partial charge in [0, 0.05) is 18.2 Å². The first-order valence-electron chi connectivity index (χ1n) is 6.75. The molecule has 2 rings (SSSR count). The normalized spacial score (nSPS) is 18.3. The molecule has 1 heterocycles. The molecule has 1 saturated heterocycles. The second-order valence-electron chi connectivity index (χ2n) is 5.00. The molecule has 0 spiro atoms. The Hall–Kier alpha value is -2.44. The Bertz CT molecular complexity index is 572. The van der Waals surface area contributed by atoms with Crippen molar-refractivity contribution in [2.24, 2.45) is 0 Å². The molecule has 0 bridgehead atoms. The zero-order valence-corrected chi connectivity index (χ0v) is 11.4. The van der Waals surface area contributed by atoms with Crippen molar-refractivity contribution in [2.75, 3.05) is 6.54 Å². The van der Waals surface area contributed by atoms with Crippen molar-refractivity contribution in [3.63, 3.8) is 0 Å². The van der Waals surface area contributed by atoms with Crippen molar-refractivity contribution in [2.45, 2.75) is 31.7 Å². The van der Waals surface area contributed by atoms with Gasteiger partial charge in [-0.3, -0.25) is 14.9 Å². The Kier molecular flexibility index (Phi) is 4.52. The van der Waals surface area contributed by atoms with Gasteiger partial charge in [0.15, 0.2) is 0 Å². The van der Waals surface area contributed by atoms with Gasteiger partial charge in [0.25, 0.3) is 5.69 Å². The van der Waals surface area contributed by atoms with E-state index >= 15 is 0 Å². The number of piperidine rings is 1. The van der Waals surface area contributed by atoms with Crippen molar-refractivity contribution >= 4 is 17.6 Å². The minimum Gasteiger partial charge on any atom is -0.480 e. The Balaban J connectivity index is 2.17. The largest absolute Gasteiger partial charge is 0.480 e. The van der Waals surface area contributed by atoms with Gasteiger partial charge in [-0.25, -0.2) is 4.79 Å². The highest BCUT2D eigenvalue weighted by Gasteiger charge is 2.32. The van der Waals surface area contributed by atoms with Crippen LogP contribution < -0.4 is 0 Å². The van der Waals surface area contributed by atoms with Gasteiger partial charge in [0.2, 0.25) is 5.91 Å². The van der Waals surface area contributed by atoms with Crippen LogP contribution >= 0.6 is 0 Å². The van der Waals surface area contributed by atoms with Crippen molar-refractivity contribution in [1.29, 1.82) is 0 Å². The molecule has 1 atom stereocenters. The van der Waals surface area contributed by atoms with Crippen LogP contribution in [0, 0.1) is 10.1 Å². The summed E-state index contributed by atoms with van der Waals surface area (Å²) in [7, 11) is 0. The minimum atomic E-state index is -1.02. The van der Waals surface area contributed by atoms with E-state index in [4.69, 9.17) is 5.11 Å². The van der Waals surface area contributed by atoms with E-state index in [1.54, 1.807) is 6.07 Å². The minimum absolute atomic E-state index is 0.116. The number of para-hydroxylation sites is 1. The first-order chi connectivity index (χ1) is 10.0. The zero-order valence-electron chi connectivity index (χ0n) is 11.4. The van der Waals surface area contributed by atoms with Crippen molar-refractivity contribution in [1.82, 2.24) is 4.90 Å². The van der Waals surface area contributed by atoms with Crippen LogP contribution in [-0.2, 0) is 16.0 Å². The molecule has 0 aromatic heterocycles. The zero-order chi connectivity index (χ0) is 15.4. The molecule has 112 valence electrons. The summed E-state index contributed by atoms with van der Waals surface area (Å²) in [5, 5.41) is 20.1. The van der Waals surface area contributed by atoms with Crippen LogP contribution in [0.1, 0.15) is 24.8 Å². The highest BCUT2D eigenvalue weighted by Crippen LogP contribution is 2.22. The van der Waals surface area contributed by atoms with Crippen molar-refractivity contribution in [3.8, 4) is 0 Å². The molecule has 0 aliphatic carbocycles. The van der Waals surface area contributed by atoms with E-state index in [1.165, 1.54) is 23.1 Å². The topological polar surface area (TPSA) is 101 Å². The summed E-state index contributed by atoms with van der Waals surface area (Å²) in [5.74, 6) is -1.40. The summed E-state index contributed by atoms with van der Waals surface area (Å²) in [6.45, 7) is 0.385. The van der Waals surface area contributed by atoms with Gasteiger partial charge >= 0.3 is 5.97 Å². The molecule has 0 unspecified atom stereocenters. The number of carbonyl (C=O) groups excluding carboxylic acids is 1. The second-order valence-corrected chi connectivity index (χ2v) is 5.00. The summed E-state index contributed by atoms with van der Waals surface area (Å²) >= 11 is 0. The maximum Gasteiger partial charge on any atom is 0.326 e. The summed E-state index contributed by atoms with van der Waals surface area (Å²) in [5.41, 5.74) is 0.192. The Labute approximate surface area is 121 Å². The molecule has 0 saturated carbocycles. The highest BCUT2D eigenvalue weighted by atomic mass is 16.6. The number of nitro benzene ring substituents is 1. The van der Waals surface area contributed by atoms with E-state index in [2.05, 4.69) is 0 Å². The van der Waals surface area contributed by atoms with Gasteiger partial charge in [-0.2, -0.15) is 0 Å². The predicted octanol–water partition coefficient (Wildman–Crippen LogP) is 1.60. The summed E-state index contributed by atoms with van der Waals surface area (Å²) in [6, 6.07) is 5.20. The molecule has 1 aromatic carbocycles. The number of rotatable bonds is 4. The number of nitrogens with zero attached hydrogens (tertiary/aromatic N) is 2. The molecule has 1 fully saturated rings. The number of nitro groups is 1. The Morgan fingerprint density at radius 3 is 2.71 bits per heavy atom. The summed E-state index contributed by atoms with van der Waals surface area (Å²) in [6.07, 6.45) is 1.80. The monoisotopic (exact) mass is 292 g/mol. The van der Waals surface area contributed by atoms with Gasteiger partial charge in [0.05, 0.1) is 11.3 Å². The molecular formula is C14H16N2O5. The van der Waals surface area contributed by atoms with Gasteiger partial charge in [-0.1, -0.05) is 18.2 Å². The van der Waals surface area contributed by atoms with Crippen molar-refractivity contribution < 1.29 is 19.6 Å². The maximum absolute atomic E-state index is 12.3. The molecule has 1 aliphatic rings. The van der Waals surface area contributed by atoms with Gasteiger partial charge < -0.3 is 10.0 Å². The average Bonchev–Trinajstić information content (AvgIpc) is 2.47.